The fourth-order valence-electron chi connectivity index (χ4n) is 2.43. The van der Waals surface area contributed by atoms with Crippen LogP contribution in [0.5, 0.6) is 0 Å². The van der Waals surface area contributed by atoms with E-state index in [-0.39, 0.29) is 22.2 Å². The van der Waals surface area contributed by atoms with Crippen LogP contribution in [0.15, 0.2) is 30.3 Å². The van der Waals surface area contributed by atoms with E-state index in [1.807, 2.05) is 19.0 Å². The van der Waals surface area contributed by atoms with Gasteiger partial charge in [-0.25, -0.2) is 13.8 Å². The number of aromatic nitrogens is 1. The maximum Gasteiger partial charge on any atom is 0.324 e. The molecule has 0 fully saturated rings. The van der Waals surface area contributed by atoms with Crippen molar-refractivity contribution in [3.8, 4) is 0 Å². The summed E-state index contributed by atoms with van der Waals surface area (Å²) in [5.41, 5.74) is 0.00640. The molecule has 0 saturated heterocycles. The summed E-state index contributed by atoms with van der Waals surface area (Å²) in [5.74, 6) is -1.91. The molecule has 0 unspecified atom stereocenters. The third kappa shape index (κ3) is 5.00. The minimum absolute atomic E-state index is 0.00640. The van der Waals surface area contributed by atoms with Crippen LogP contribution in [0.2, 0.25) is 0 Å². The third-order valence-electron chi connectivity index (χ3n) is 3.85. The van der Waals surface area contributed by atoms with Crippen LogP contribution >= 0.6 is 22.7 Å². The summed E-state index contributed by atoms with van der Waals surface area (Å²) >= 11 is 1.97. The van der Waals surface area contributed by atoms with Crippen LogP contribution in [-0.2, 0) is 4.79 Å². The second-order valence-corrected chi connectivity index (χ2v) is 8.39. The summed E-state index contributed by atoms with van der Waals surface area (Å²) in [5, 5.41) is 11.0. The molecule has 2 aromatic heterocycles. The van der Waals surface area contributed by atoms with E-state index in [9.17, 15) is 23.7 Å². The standard InChI is InChI=1S/C18H16F2N4O3S2/c1-22(2)7-8-23(15(25)5-3-12-4-6-16(28-12)24(26)27)18-21-17-13(20)9-11(19)10-14(17)29-18/h3-6,9-10H,7-8H2,1-2H3/b5-3+. The highest BCUT2D eigenvalue weighted by Crippen LogP contribution is 2.31. The zero-order valence-corrected chi connectivity index (χ0v) is 17.1. The summed E-state index contributed by atoms with van der Waals surface area (Å²) in [6.07, 6.45) is 2.77. The number of halogens is 2. The van der Waals surface area contributed by atoms with Gasteiger partial charge < -0.3 is 4.90 Å². The molecule has 11 heteroatoms. The number of carbonyl (C=O) groups excluding carboxylic acids is 1. The monoisotopic (exact) mass is 438 g/mol. The largest absolute Gasteiger partial charge is 0.324 e. The van der Waals surface area contributed by atoms with E-state index in [0.717, 1.165) is 28.7 Å². The minimum Gasteiger partial charge on any atom is -0.308 e. The predicted molar refractivity (Wildman–Crippen MR) is 110 cm³/mol. The van der Waals surface area contributed by atoms with Gasteiger partial charge in [0.1, 0.15) is 11.3 Å². The number of nitrogens with zero attached hydrogens (tertiary/aromatic N) is 4. The normalized spacial score (nSPS) is 11.6. The van der Waals surface area contributed by atoms with Crippen molar-refractivity contribution in [1.29, 1.82) is 0 Å². The zero-order chi connectivity index (χ0) is 21.1. The van der Waals surface area contributed by atoms with E-state index in [4.69, 9.17) is 0 Å². The van der Waals surface area contributed by atoms with Gasteiger partial charge in [0, 0.05) is 36.2 Å². The van der Waals surface area contributed by atoms with Gasteiger partial charge in [0.05, 0.1) is 9.62 Å². The van der Waals surface area contributed by atoms with Crippen molar-refractivity contribution in [2.75, 3.05) is 32.1 Å². The molecule has 2 heterocycles. The maximum absolute atomic E-state index is 14.0. The molecule has 3 aromatic rings. The molecule has 0 bridgehead atoms. The summed E-state index contributed by atoms with van der Waals surface area (Å²) < 4.78 is 27.8. The Hall–Kier alpha value is -2.76. The van der Waals surface area contributed by atoms with Crippen LogP contribution in [0, 0.1) is 21.7 Å². The Morgan fingerprint density at radius 3 is 2.66 bits per heavy atom. The average molecular weight is 438 g/mol. The first-order valence-electron chi connectivity index (χ1n) is 8.38. The summed E-state index contributed by atoms with van der Waals surface area (Å²) in [6, 6.07) is 4.84. The zero-order valence-electron chi connectivity index (χ0n) is 15.5. The fourth-order valence-corrected chi connectivity index (χ4v) is 4.20. The topological polar surface area (TPSA) is 79.6 Å². The first-order valence-corrected chi connectivity index (χ1v) is 10.0. The van der Waals surface area contributed by atoms with Crippen LogP contribution in [0.4, 0.5) is 18.9 Å². The number of thiazole rings is 1. The number of carbonyl (C=O) groups is 1. The van der Waals surface area contributed by atoms with Crippen molar-refractivity contribution in [1.82, 2.24) is 9.88 Å². The smallest absolute Gasteiger partial charge is 0.308 e. The van der Waals surface area contributed by atoms with Crippen molar-refractivity contribution in [2.45, 2.75) is 0 Å². The van der Waals surface area contributed by atoms with Crippen molar-refractivity contribution in [3.63, 3.8) is 0 Å². The van der Waals surface area contributed by atoms with Gasteiger partial charge in [0.25, 0.3) is 5.91 Å². The molecule has 0 saturated carbocycles. The van der Waals surface area contributed by atoms with Gasteiger partial charge in [0.15, 0.2) is 10.9 Å². The third-order valence-corrected chi connectivity index (χ3v) is 5.88. The number of nitro groups is 1. The average Bonchev–Trinajstić information content (AvgIpc) is 3.27. The van der Waals surface area contributed by atoms with Crippen LogP contribution in [-0.4, -0.2) is 47.9 Å². The lowest BCUT2D eigenvalue weighted by molar-refractivity contribution is -0.380. The van der Waals surface area contributed by atoms with Crippen LogP contribution in [0.1, 0.15) is 4.88 Å². The molecule has 152 valence electrons. The number of thiophene rings is 1. The Kier molecular flexibility index (Phi) is 6.30. The first-order chi connectivity index (χ1) is 13.7. The first kappa shape index (κ1) is 21.0. The second-order valence-electron chi connectivity index (χ2n) is 6.29. The molecule has 0 N–H and O–H groups in total. The molecule has 0 aliphatic carbocycles. The maximum atomic E-state index is 14.0. The van der Waals surface area contributed by atoms with Crippen LogP contribution in [0.3, 0.4) is 0 Å². The highest BCUT2D eigenvalue weighted by molar-refractivity contribution is 7.22. The summed E-state index contributed by atoms with van der Waals surface area (Å²) in [4.78, 5) is 31.0. The van der Waals surface area contributed by atoms with E-state index in [0.29, 0.717) is 16.1 Å². The number of benzene rings is 1. The Balaban J connectivity index is 1.89. The molecule has 29 heavy (non-hydrogen) atoms. The van der Waals surface area contributed by atoms with Gasteiger partial charge in [-0.1, -0.05) is 22.7 Å². The summed E-state index contributed by atoms with van der Waals surface area (Å²) in [7, 11) is 3.69. The van der Waals surface area contributed by atoms with Crippen molar-refractivity contribution >= 4 is 55.0 Å². The molecule has 0 radical (unpaired) electrons. The minimum atomic E-state index is -0.788. The number of rotatable bonds is 7. The Morgan fingerprint density at radius 1 is 1.24 bits per heavy atom. The SMILES string of the molecule is CN(C)CCN(C(=O)/C=C/c1ccc([N+](=O)[O-])s1)c1nc2c(F)cc(F)cc2s1. The van der Waals surface area contributed by atoms with Gasteiger partial charge >= 0.3 is 5.00 Å². The molecule has 1 amide bonds. The lowest BCUT2D eigenvalue weighted by Crippen LogP contribution is -2.35. The number of anilines is 1. The van der Waals surface area contributed by atoms with Gasteiger partial charge in [0.2, 0.25) is 0 Å². The molecule has 0 aliphatic heterocycles. The molecule has 7 nitrogen and oxygen atoms in total. The second kappa shape index (κ2) is 8.72. The van der Waals surface area contributed by atoms with Gasteiger partial charge in [-0.15, -0.1) is 0 Å². The highest BCUT2D eigenvalue weighted by atomic mass is 32.1. The fraction of sp³-hybridized carbons (Fsp3) is 0.222. The van der Waals surface area contributed by atoms with E-state index in [2.05, 4.69) is 4.98 Å². The van der Waals surface area contributed by atoms with E-state index in [1.54, 1.807) is 6.07 Å². The highest BCUT2D eigenvalue weighted by Gasteiger charge is 2.20. The molecule has 3 rings (SSSR count). The van der Waals surface area contributed by atoms with Gasteiger partial charge in [-0.05, 0) is 32.3 Å². The summed E-state index contributed by atoms with van der Waals surface area (Å²) in [6.45, 7) is 0.807. The van der Waals surface area contributed by atoms with Crippen molar-refractivity contribution in [3.05, 3.63) is 57.0 Å². The van der Waals surface area contributed by atoms with Crippen LogP contribution < -0.4 is 4.90 Å². The molecule has 0 aliphatic rings. The number of hydrogen-bond acceptors (Lipinski definition) is 7. The lowest BCUT2D eigenvalue weighted by atomic mass is 10.3. The molecular weight excluding hydrogens is 422 g/mol. The Morgan fingerprint density at radius 2 is 2.00 bits per heavy atom. The number of likely N-dealkylation sites (N-methyl/N-ethyl adjacent to an activating group) is 1. The number of fused-ring (bicyclic) bond motifs is 1. The Labute approximate surface area is 172 Å². The molecule has 1 aromatic carbocycles. The molecular formula is C18H16F2N4O3S2. The Bertz CT molecular complexity index is 1090. The quantitative estimate of drug-likeness (QED) is 0.315. The van der Waals surface area contributed by atoms with Gasteiger partial charge in [-0.3, -0.25) is 19.8 Å². The molecule has 0 atom stereocenters. The van der Waals surface area contributed by atoms with Crippen molar-refractivity contribution < 1.29 is 18.5 Å². The van der Waals surface area contributed by atoms with E-state index < -0.39 is 22.5 Å². The van der Waals surface area contributed by atoms with Crippen molar-refractivity contribution in [2.24, 2.45) is 0 Å². The van der Waals surface area contributed by atoms with Crippen LogP contribution in [0.25, 0.3) is 16.3 Å². The van der Waals surface area contributed by atoms with Gasteiger partial charge in [-0.2, -0.15) is 0 Å². The predicted octanol–water partition coefficient (Wildman–Crippen LogP) is 4.15. The molecule has 0 spiro atoms. The van der Waals surface area contributed by atoms with E-state index >= 15 is 0 Å². The van der Waals surface area contributed by atoms with E-state index in [1.165, 1.54) is 29.2 Å². The lowest BCUT2D eigenvalue weighted by Gasteiger charge is -2.20. The number of hydrogen-bond donors (Lipinski definition) is 0. The number of amides is 1.